The zero-order chi connectivity index (χ0) is 49.9. The van der Waals surface area contributed by atoms with Gasteiger partial charge in [-0.05, 0) is 24.1 Å². The van der Waals surface area contributed by atoms with Gasteiger partial charge in [-0.15, -0.1) is 6.58 Å². The van der Waals surface area contributed by atoms with Gasteiger partial charge in [-0.2, -0.15) is 0 Å². The van der Waals surface area contributed by atoms with Crippen molar-refractivity contribution in [2.75, 3.05) is 33.0 Å². The van der Waals surface area contributed by atoms with Crippen LogP contribution in [0.3, 0.4) is 0 Å². The number of halogens is 12. The molecule has 0 N–H and O–H groups in total. The molecule has 1 aromatic carbocycles. The standard InChI is InChI=1S/C38H32Cl12N2O16/c1-2-18-19-8-22-24-17(7-16-5-3-4-6-21(16)51-24)9-52(22)28(53)20(19)10-58-29(18)68-30-27(67-34(57)63-15-38(48,49)50)26(66-33(56)62-14-37(45,46)47)25(65-32(55)61-13-36(42,43)44)23(64-30)11-59-31(54)60-12-35(39,40)41/h2-7,10,18-19,22-23,25-27,29-30H,1,8-9,11-15H2/t18-,19+,22-,23-,25-,26+,27-,29+,30+/m1/s1. The van der Waals surface area contributed by atoms with E-state index in [-0.39, 0.29) is 18.0 Å². The number of benzene rings is 1. The number of alkyl halides is 12. The molecule has 0 saturated carbocycles. The molecular formula is C38H32Cl12N2O16. The van der Waals surface area contributed by atoms with Crippen LogP contribution >= 0.6 is 139 Å². The zero-order valence-electron chi connectivity index (χ0n) is 33.9. The van der Waals surface area contributed by atoms with Crippen molar-refractivity contribution in [3.63, 3.8) is 0 Å². The van der Waals surface area contributed by atoms with Gasteiger partial charge in [-0.25, -0.2) is 19.2 Å². The zero-order valence-corrected chi connectivity index (χ0v) is 42.9. The van der Waals surface area contributed by atoms with E-state index in [9.17, 15) is 24.0 Å². The Balaban J connectivity index is 1.37. The molecule has 0 spiro atoms. The lowest BCUT2D eigenvalue weighted by atomic mass is 9.76. The van der Waals surface area contributed by atoms with Crippen molar-refractivity contribution in [3.05, 3.63) is 66.1 Å². The van der Waals surface area contributed by atoms with Gasteiger partial charge in [0.05, 0.1) is 29.1 Å². The lowest BCUT2D eigenvalue weighted by molar-refractivity contribution is -0.340. The third-order valence-corrected chi connectivity index (χ3v) is 11.3. The van der Waals surface area contributed by atoms with E-state index in [0.29, 0.717) is 12.1 Å². The summed E-state index contributed by atoms with van der Waals surface area (Å²) >= 11 is 69.1. The van der Waals surface area contributed by atoms with Crippen LogP contribution in [0.4, 0.5) is 19.2 Å². The Morgan fingerprint density at radius 3 is 1.81 bits per heavy atom. The highest BCUT2D eigenvalue weighted by atomic mass is 35.6. The molecule has 0 radical (unpaired) electrons. The summed E-state index contributed by atoms with van der Waals surface area (Å²) < 4.78 is 51.3. The number of carbonyl (C=O) groups excluding carboxylic acids is 5. The van der Waals surface area contributed by atoms with Gasteiger partial charge in [0.15, 0.2) is 18.3 Å². The molecule has 9 atom stereocenters. The molecule has 4 aliphatic rings. The SMILES string of the molecule is C=C[C@H]1[C@H](O[C@@H]2O[C@H](COC(=O)OCC(Cl)(Cl)Cl)[C@@H](OC(=O)OCC(Cl)(Cl)Cl)[C@H](OC(=O)OCC(Cl)(Cl)Cl)[C@H]2OC(=O)OCC(Cl)(Cl)Cl)OC=C2C(=O)N3Cc4cc5ccccc5nc4[C@H]3C[C@H]21. The molecule has 18 nitrogen and oxygen atoms in total. The Kier molecular flexibility index (Phi) is 18.4. The molecule has 0 aliphatic carbocycles. The summed E-state index contributed by atoms with van der Waals surface area (Å²) in [6.45, 7) is -0.250. The quantitative estimate of drug-likeness (QED) is 0.0839. The number of piperidine rings is 1. The van der Waals surface area contributed by atoms with E-state index in [0.717, 1.165) is 16.5 Å². The Hall–Kier alpha value is -2.14. The average molecular weight is 1200 g/mol. The molecule has 1 amide bonds. The number of aromatic nitrogens is 1. The third kappa shape index (κ3) is 15.2. The molecule has 30 heteroatoms. The number of para-hydroxylation sites is 1. The Morgan fingerprint density at radius 2 is 1.25 bits per heavy atom. The number of pyridine rings is 1. The van der Waals surface area contributed by atoms with E-state index in [2.05, 4.69) is 6.58 Å². The molecule has 5 heterocycles. The van der Waals surface area contributed by atoms with Gasteiger partial charge < -0.3 is 57.0 Å². The van der Waals surface area contributed by atoms with Crippen LogP contribution in [0.2, 0.25) is 0 Å². The van der Waals surface area contributed by atoms with Crippen molar-refractivity contribution < 1.29 is 76.1 Å². The van der Waals surface area contributed by atoms with Gasteiger partial charge in [-0.3, -0.25) is 9.78 Å². The van der Waals surface area contributed by atoms with E-state index in [1.165, 1.54) is 12.3 Å². The summed E-state index contributed by atoms with van der Waals surface area (Å²) in [5.41, 5.74) is 2.57. The van der Waals surface area contributed by atoms with Crippen LogP contribution in [-0.2, 0) is 63.4 Å². The third-order valence-electron chi connectivity index (χ3n) is 9.97. The van der Waals surface area contributed by atoms with Crippen LogP contribution in [0, 0.1) is 11.8 Å². The monoisotopic (exact) mass is 1190 g/mol. The number of carbonyl (C=O) groups is 5. The largest absolute Gasteiger partial charge is 0.509 e. The van der Waals surface area contributed by atoms with Crippen molar-refractivity contribution in [1.82, 2.24) is 9.88 Å². The van der Waals surface area contributed by atoms with Gasteiger partial charge in [-0.1, -0.05) is 163 Å². The highest BCUT2D eigenvalue weighted by Crippen LogP contribution is 2.49. The second-order valence-electron chi connectivity index (χ2n) is 14.8. The number of fused-ring (bicyclic) bond motifs is 5. The Morgan fingerprint density at radius 1 is 0.721 bits per heavy atom. The number of amides is 1. The van der Waals surface area contributed by atoms with Crippen molar-refractivity contribution in [3.8, 4) is 0 Å². The van der Waals surface area contributed by atoms with Crippen molar-refractivity contribution in [2.24, 2.45) is 11.8 Å². The van der Waals surface area contributed by atoms with Crippen molar-refractivity contribution in [2.45, 2.75) is 71.2 Å². The van der Waals surface area contributed by atoms with Gasteiger partial charge in [0.2, 0.25) is 27.8 Å². The molecule has 1 aromatic heterocycles. The molecule has 0 bridgehead atoms. The van der Waals surface area contributed by atoms with Crippen LogP contribution in [0.15, 0.2) is 54.8 Å². The van der Waals surface area contributed by atoms with Gasteiger partial charge in [0.25, 0.3) is 5.91 Å². The highest BCUT2D eigenvalue weighted by molar-refractivity contribution is 6.69. The number of nitrogens with zero attached hydrogens (tertiary/aromatic N) is 2. The molecule has 2 saturated heterocycles. The minimum Gasteiger partial charge on any atom is -0.471 e. The van der Waals surface area contributed by atoms with Gasteiger partial charge >= 0.3 is 24.6 Å². The number of hydrogen-bond acceptors (Lipinski definition) is 17. The molecule has 68 heavy (non-hydrogen) atoms. The minimum atomic E-state index is -2.19. The van der Waals surface area contributed by atoms with Crippen LogP contribution in [0.5, 0.6) is 0 Å². The maximum absolute atomic E-state index is 14.1. The molecule has 2 aromatic rings. The topological polar surface area (TPSA) is 203 Å². The molecule has 4 aliphatic heterocycles. The van der Waals surface area contributed by atoms with E-state index in [4.69, 9.17) is 196 Å². The van der Waals surface area contributed by atoms with E-state index in [1.54, 1.807) is 4.90 Å². The average Bonchev–Trinajstić information content (AvgIpc) is 3.60. The maximum Gasteiger partial charge on any atom is 0.509 e. The first kappa shape index (κ1) is 55.2. The maximum atomic E-state index is 14.1. The van der Waals surface area contributed by atoms with Crippen LogP contribution < -0.4 is 0 Å². The van der Waals surface area contributed by atoms with Gasteiger partial charge in [0, 0.05) is 23.8 Å². The molecular weight excluding hydrogens is 1170 g/mol. The molecule has 374 valence electrons. The van der Waals surface area contributed by atoms with Gasteiger partial charge in [0.1, 0.15) is 39.1 Å². The highest BCUT2D eigenvalue weighted by Gasteiger charge is 2.57. The molecule has 6 rings (SSSR count). The Labute approximate surface area is 445 Å². The Bertz CT molecular complexity index is 2250. The van der Waals surface area contributed by atoms with E-state index >= 15 is 0 Å². The fourth-order valence-corrected chi connectivity index (χ4v) is 8.00. The number of rotatable bonds is 12. The number of hydrogen-bond donors (Lipinski definition) is 0. The second kappa shape index (κ2) is 22.7. The summed E-state index contributed by atoms with van der Waals surface area (Å²) in [4.78, 5) is 73.3. The predicted octanol–water partition coefficient (Wildman–Crippen LogP) is 10.6. The first-order chi connectivity index (χ1) is 31.7. The fourth-order valence-electron chi connectivity index (χ4n) is 7.34. The summed E-state index contributed by atoms with van der Waals surface area (Å²) in [6, 6.07) is 9.03. The summed E-state index contributed by atoms with van der Waals surface area (Å²) in [7, 11) is 0. The summed E-state index contributed by atoms with van der Waals surface area (Å²) in [6.07, 6.45) is -15.2. The van der Waals surface area contributed by atoms with Crippen molar-refractivity contribution in [1.29, 1.82) is 0 Å². The van der Waals surface area contributed by atoms with E-state index < -0.39 is 128 Å². The van der Waals surface area contributed by atoms with Crippen LogP contribution in [0.1, 0.15) is 23.7 Å². The predicted molar refractivity (Wildman–Crippen MR) is 247 cm³/mol. The number of ether oxygens (including phenoxy) is 11. The second-order valence-corrected chi connectivity index (χ2v) is 24.8. The van der Waals surface area contributed by atoms with E-state index in [1.807, 2.05) is 30.3 Å². The smallest absolute Gasteiger partial charge is 0.471 e. The normalized spacial score (nSPS) is 25.9. The summed E-state index contributed by atoms with van der Waals surface area (Å²) in [5.74, 6) is -1.87. The minimum absolute atomic E-state index is 0.274. The lowest BCUT2D eigenvalue weighted by Gasteiger charge is -2.47. The molecule has 2 fully saturated rings. The molecule has 0 unspecified atom stereocenters. The van der Waals surface area contributed by atoms with Crippen LogP contribution in [0.25, 0.3) is 10.9 Å². The lowest BCUT2D eigenvalue weighted by Crippen LogP contribution is -2.64. The first-order valence-corrected chi connectivity index (χ1v) is 23.8. The summed E-state index contributed by atoms with van der Waals surface area (Å²) in [5, 5.41) is 0.896. The van der Waals surface area contributed by atoms with Crippen LogP contribution in [-0.4, -0.2) is 126 Å². The first-order valence-electron chi connectivity index (χ1n) is 19.2. The van der Waals surface area contributed by atoms with Crippen molar-refractivity contribution >= 4 is 181 Å². The fraction of sp³-hybridized carbons (Fsp3) is 0.526.